The van der Waals surface area contributed by atoms with Crippen molar-refractivity contribution in [3.8, 4) is 0 Å². The highest BCUT2D eigenvalue weighted by Gasteiger charge is 2.14. The summed E-state index contributed by atoms with van der Waals surface area (Å²) in [4.78, 5) is 4.33. The van der Waals surface area contributed by atoms with E-state index in [9.17, 15) is 0 Å². The van der Waals surface area contributed by atoms with Crippen LogP contribution < -0.4 is 10.6 Å². The lowest BCUT2D eigenvalue weighted by atomic mass is 9.96. The zero-order valence-electron chi connectivity index (χ0n) is 10.5. The molecule has 2 N–H and O–H groups in total. The first-order valence-electron chi connectivity index (χ1n) is 6.35. The molecule has 1 aromatic rings. The number of aryl methyl sites for hydroxylation is 1. The van der Waals surface area contributed by atoms with Gasteiger partial charge >= 0.3 is 0 Å². The van der Waals surface area contributed by atoms with Gasteiger partial charge < -0.3 is 10.6 Å². The molecule has 0 saturated heterocycles. The average molecular weight is 328 g/mol. The fourth-order valence-electron chi connectivity index (χ4n) is 2.25. The van der Waals surface area contributed by atoms with Gasteiger partial charge in [0.25, 0.3) is 0 Å². The van der Waals surface area contributed by atoms with Crippen molar-refractivity contribution in [2.75, 3.05) is 5.32 Å². The Morgan fingerprint density at radius 2 is 2.11 bits per heavy atom. The number of aromatic nitrogens is 1. The molecular formula is C13H18BrN3S. The van der Waals surface area contributed by atoms with Gasteiger partial charge in [0.1, 0.15) is 5.82 Å². The van der Waals surface area contributed by atoms with E-state index in [0.29, 0.717) is 11.2 Å². The summed E-state index contributed by atoms with van der Waals surface area (Å²) in [5.41, 5.74) is 1.08. The van der Waals surface area contributed by atoms with Crippen LogP contribution in [0.15, 0.2) is 16.7 Å². The summed E-state index contributed by atoms with van der Waals surface area (Å²) in [6.07, 6.45) is 8.17. The highest BCUT2D eigenvalue weighted by atomic mass is 79.9. The Balaban J connectivity index is 1.90. The van der Waals surface area contributed by atoms with E-state index < -0.39 is 0 Å². The van der Waals surface area contributed by atoms with Crippen molar-refractivity contribution >= 4 is 39.1 Å². The first kappa shape index (κ1) is 13.7. The second kappa shape index (κ2) is 6.48. The molecule has 1 aromatic heterocycles. The maximum absolute atomic E-state index is 5.34. The van der Waals surface area contributed by atoms with Crippen LogP contribution in [0, 0.1) is 6.92 Å². The van der Waals surface area contributed by atoms with Gasteiger partial charge in [-0.2, -0.15) is 0 Å². The largest absolute Gasteiger partial charge is 0.360 e. The molecule has 1 heterocycles. The molecule has 1 fully saturated rings. The third kappa shape index (κ3) is 3.92. The van der Waals surface area contributed by atoms with E-state index in [-0.39, 0.29) is 0 Å². The van der Waals surface area contributed by atoms with Gasteiger partial charge in [-0.1, -0.05) is 19.3 Å². The summed E-state index contributed by atoms with van der Waals surface area (Å²) in [6.45, 7) is 2.02. The second-order valence-corrected chi connectivity index (χ2v) is 6.08. The molecule has 0 spiro atoms. The lowest BCUT2D eigenvalue weighted by Gasteiger charge is -2.24. The summed E-state index contributed by atoms with van der Waals surface area (Å²) in [5.74, 6) is 0.825. The van der Waals surface area contributed by atoms with Gasteiger partial charge in [0, 0.05) is 16.7 Å². The van der Waals surface area contributed by atoms with E-state index in [1.165, 1.54) is 32.1 Å². The van der Waals surface area contributed by atoms with Crippen molar-refractivity contribution in [2.24, 2.45) is 0 Å². The zero-order chi connectivity index (χ0) is 13.0. The Labute approximate surface area is 122 Å². The maximum atomic E-state index is 5.34. The van der Waals surface area contributed by atoms with Crippen LogP contribution in [0.25, 0.3) is 0 Å². The number of rotatable bonds is 2. The zero-order valence-corrected chi connectivity index (χ0v) is 12.9. The number of nitrogens with one attached hydrogen (secondary N) is 2. The molecule has 0 amide bonds. The van der Waals surface area contributed by atoms with E-state index in [4.69, 9.17) is 12.2 Å². The van der Waals surface area contributed by atoms with Crippen LogP contribution in [-0.2, 0) is 0 Å². The van der Waals surface area contributed by atoms with Crippen molar-refractivity contribution in [3.05, 3.63) is 22.3 Å². The standard InChI is InChI=1S/C13H18BrN3S/c1-9-7-10(14)8-15-12(9)17-13(18)16-11-5-3-2-4-6-11/h7-8,11H,2-6H2,1H3,(H2,15,16,17,18). The Morgan fingerprint density at radius 3 is 2.78 bits per heavy atom. The number of nitrogens with zero attached hydrogens (tertiary/aromatic N) is 1. The van der Waals surface area contributed by atoms with Crippen LogP contribution in [0.3, 0.4) is 0 Å². The first-order valence-corrected chi connectivity index (χ1v) is 7.55. The van der Waals surface area contributed by atoms with Crippen molar-refractivity contribution in [1.29, 1.82) is 0 Å². The van der Waals surface area contributed by atoms with Crippen molar-refractivity contribution < 1.29 is 0 Å². The minimum absolute atomic E-state index is 0.523. The van der Waals surface area contributed by atoms with Gasteiger partial charge in [0.05, 0.1) is 0 Å². The number of hydrogen-bond acceptors (Lipinski definition) is 2. The average Bonchev–Trinajstić information content (AvgIpc) is 2.34. The molecule has 5 heteroatoms. The minimum atomic E-state index is 0.523. The predicted octanol–water partition coefficient (Wildman–Crippen LogP) is 3.77. The lowest BCUT2D eigenvalue weighted by molar-refractivity contribution is 0.415. The van der Waals surface area contributed by atoms with Crippen LogP contribution in [0.1, 0.15) is 37.7 Å². The number of thiocarbonyl (C=S) groups is 1. The molecule has 0 bridgehead atoms. The molecule has 0 unspecified atom stereocenters. The normalized spacial score (nSPS) is 16.3. The predicted molar refractivity (Wildman–Crippen MR) is 82.9 cm³/mol. The van der Waals surface area contributed by atoms with E-state index in [0.717, 1.165) is 15.9 Å². The number of pyridine rings is 1. The summed E-state index contributed by atoms with van der Waals surface area (Å²) in [5, 5.41) is 7.23. The summed E-state index contributed by atoms with van der Waals surface area (Å²) < 4.78 is 0.983. The molecule has 0 atom stereocenters. The third-order valence-corrected chi connectivity index (χ3v) is 3.87. The Bertz CT molecular complexity index is 430. The molecule has 0 aromatic carbocycles. The summed E-state index contributed by atoms with van der Waals surface area (Å²) in [6, 6.07) is 2.55. The van der Waals surface area contributed by atoms with Gasteiger partial charge in [-0.25, -0.2) is 4.98 Å². The van der Waals surface area contributed by atoms with Crippen molar-refractivity contribution in [3.63, 3.8) is 0 Å². The van der Waals surface area contributed by atoms with Crippen LogP contribution in [0.2, 0.25) is 0 Å². The fourth-order valence-corrected chi connectivity index (χ4v) is 2.96. The second-order valence-electron chi connectivity index (χ2n) is 4.75. The van der Waals surface area contributed by atoms with E-state index in [1.807, 2.05) is 13.0 Å². The fraction of sp³-hybridized carbons (Fsp3) is 0.538. The maximum Gasteiger partial charge on any atom is 0.172 e. The first-order chi connectivity index (χ1) is 8.65. The summed E-state index contributed by atoms with van der Waals surface area (Å²) >= 11 is 8.74. The monoisotopic (exact) mass is 327 g/mol. The molecule has 0 aliphatic heterocycles. The van der Waals surface area contributed by atoms with Crippen LogP contribution in [0.4, 0.5) is 5.82 Å². The van der Waals surface area contributed by atoms with E-state index in [2.05, 4.69) is 31.5 Å². The van der Waals surface area contributed by atoms with Crippen LogP contribution in [-0.4, -0.2) is 16.1 Å². The number of halogens is 1. The van der Waals surface area contributed by atoms with Gasteiger partial charge in [-0.15, -0.1) is 0 Å². The van der Waals surface area contributed by atoms with Gasteiger partial charge in [-0.3, -0.25) is 0 Å². The quantitative estimate of drug-likeness (QED) is 0.811. The third-order valence-electron chi connectivity index (χ3n) is 3.22. The van der Waals surface area contributed by atoms with Crippen LogP contribution in [0.5, 0.6) is 0 Å². The Kier molecular flexibility index (Phi) is 4.95. The minimum Gasteiger partial charge on any atom is -0.360 e. The molecule has 0 radical (unpaired) electrons. The summed E-state index contributed by atoms with van der Waals surface area (Å²) in [7, 11) is 0. The van der Waals surface area contributed by atoms with Crippen LogP contribution >= 0.6 is 28.1 Å². The lowest BCUT2D eigenvalue weighted by Crippen LogP contribution is -2.39. The topological polar surface area (TPSA) is 37.0 Å². The molecule has 1 saturated carbocycles. The highest BCUT2D eigenvalue weighted by Crippen LogP contribution is 2.19. The smallest absolute Gasteiger partial charge is 0.172 e. The Hall–Kier alpha value is -0.680. The van der Waals surface area contributed by atoms with E-state index in [1.54, 1.807) is 6.20 Å². The van der Waals surface area contributed by atoms with Gasteiger partial charge in [0.15, 0.2) is 5.11 Å². The van der Waals surface area contributed by atoms with E-state index >= 15 is 0 Å². The van der Waals surface area contributed by atoms with Gasteiger partial charge in [-0.05, 0) is 59.5 Å². The molecule has 18 heavy (non-hydrogen) atoms. The molecule has 3 nitrogen and oxygen atoms in total. The van der Waals surface area contributed by atoms with Crippen molar-refractivity contribution in [2.45, 2.75) is 45.1 Å². The van der Waals surface area contributed by atoms with Crippen molar-refractivity contribution in [1.82, 2.24) is 10.3 Å². The SMILES string of the molecule is Cc1cc(Br)cnc1NC(=S)NC1CCCCC1. The molecule has 98 valence electrons. The Morgan fingerprint density at radius 1 is 1.39 bits per heavy atom. The molecule has 2 rings (SSSR count). The molecular weight excluding hydrogens is 310 g/mol. The molecule has 1 aliphatic carbocycles. The number of anilines is 1. The number of hydrogen-bond donors (Lipinski definition) is 2. The molecule has 1 aliphatic rings. The highest BCUT2D eigenvalue weighted by molar-refractivity contribution is 9.10. The van der Waals surface area contributed by atoms with Gasteiger partial charge in [0.2, 0.25) is 0 Å².